The Kier molecular flexibility index (Phi) is 8.70. The lowest BCUT2D eigenvalue weighted by molar-refractivity contribution is -0.453. The van der Waals surface area contributed by atoms with Crippen molar-refractivity contribution in [1.82, 2.24) is 0 Å². The molecule has 0 heterocycles. The molecule has 16 heteroatoms. The van der Waals surface area contributed by atoms with Crippen molar-refractivity contribution in [3.8, 4) is 0 Å². The molecule has 1 aromatic rings. The molecule has 0 fully saturated rings. The lowest BCUT2D eigenvalue weighted by Crippen LogP contribution is -2.72. The van der Waals surface area contributed by atoms with Crippen LogP contribution in [0.3, 0.4) is 0 Å². The van der Waals surface area contributed by atoms with E-state index in [0.29, 0.717) is 20.5 Å². The summed E-state index contributed by atoms with van der Waals surface area (Å²) in [5, 5.41) is 0. The van der Waals surface area contributed by atoms with E-state index in [2.05, 4.69) is 0 Å². The normalized spacial score (nSPS) is 17.5. The fourth-order valence-electron chi connectivity index (χ4n) is 3.44. The number of ether oxygens (including phenoxy) is 1. The van der Waals surface area contributed by atoms with Gasteiger partial charge in [0, 0.05) is 7.11 Å². The third-order valence-corrected chi connectivity index (χ3v) is 6.08. The first-order valence-electron chi connectivity index (χ1n) is 10.2. The number of alkyl halides is 15. The summed E-state index contributed by atoms with van der Waals surface area (Å²) in [5.41, 5.74) is -2.83. The van der Waals surface area contributed by atoms with Crippen LogP contribution in [0.15, 0.2) is 24.3 Å². The Bertz CT molecular complexity index is 938. The van der Waals surface area contributed by atoms with Crippen molar-refractivity contribution < 1.29 is 70.6 Å². The van der Waals surface area contributed by atoms with Crippen LogP contribution < -0.4 is 0 Å². The predicted molar refractivity (Wildman–Crippen MR) is 99.9 cm³/mol. The topological polar surface area (TPSA) is 9.23 Å². The first-order valence-corrected chi connectivity index (χ1v) is 10.2. The first-order chi connectivity index (χ1) is 16.2. The van der Waals surface area contributed by atoms with Gasteiger partial charge in [0.15, 0.2) is 0 Å². The number of benzene rings is 1. The Balaban J connectivity index is 3.68. The smallest absolute Gasteiger partial charge is 0.374 e. The van der Waals surface area contributed by atoms with Crippen LogP contribution in [0.5, 0.6) is 0 Å². The van der Waals surface area contributed by atoms with Gasteiger partial charge in [0.2, 0.25) is 0 Å². The molecule has 2 unspecified atom stereocenters. The molecule has 0 aliphatic carbocycles. The summed E-state index contributed by atoms with van der Waals surface area (Å²) < 4.78 is 208. The molecule has 0 aliphatic rings. The third kappa shape index (κ3) is 4.98. The number of halogens is 15. The van der Waals surface area contributed by atoms with Crippen molar-refractivity contribution in [2.24, 2.45) is 0 Å². The molecule has 0 bridgehead atoms. The summed E-state index contributed by atoms with van der Waals surface area (Å²) >= 11 is 0. The van der Waals surface area contributed by atoms with Crippen LogP contribution in [0.4, 0.5) is 65.9 Å². The van der Waals surface area contributed by atoms with Crippen molar-refractivity contribution in [1.29, 1.82) is 0 Å². The zero-order valence-corrected chi connectivity index (χ0v) is 19.4. The Morgan fingerprint density at radius 3 is 1.49 bits per heavy atom. The van der Waals surface area contributed by atoms with Gasteiger partial charge in [-0.05, 0) is 30.4 Å². The summed E-state index contributed by atoms with van der Waals surface area (Å²) in [5.74, 6) is -47.2. The van der Waals surface area contributed by atoms with Crippen LogP contribution in [0.1, 0.15) is 50.7 Å². The second kappa shape index (κ2) is 9.70. The van der Waals surface area contributed by atoms with Crippen molar-refractivity contribution in [2.45, 2.75) is 86.8 Å². The van der Waals surface area contributed by atoms with Gasteiger partial charge in [0.1, 0.15) is 0 Å². The highest BCUT2D eigenvalue weighted by atomic mass is 19.4. The molecular formula is C21H21F15O. The van der Waals surface area contributed by atoms with E-state index in [1.165, 1.54) is 18.2 Å². The quantitative estimate of drug-likeness (QED) is 0.240. The zero-order chi connectivity index (χ0) is 29.7. The molecule has 1 nitrogen and oxygen atoms in total. The fourth-order valence-corrected chi connectivity index (χ4v) is 3.44. The SMILES string of the molecule is CCC(C)c1ccccc1C(C)(CC(F)(F)C(F)(F)C(F)(F)C(F)(F)C(F)(F)C(F)(F)C(F)(F)F)OC. The van der Waals surface area contributed by atoms with Gasteiger partial charge in [-0.1, -0.05) is 38.1 Å². The van der Waals surface area contributed by atoms with Crippen LogP contribution in [0.25, 0.3) is 0 Å². The molecule has 0 spiro atoms. The molecular weight excluding hydrogens is 553 g/mol. The summed E-state index contributed by atoms with van der Waals surface area (Å²) in [6.45, 7) is 3.81. The highest BCUT2D eigenvalue weighted by Gasteiger charge is 2.93. The van der Waals surface area contributed by atoms with E-state index in [4.69, 9.17) is 4.74 Å². The van der Waals surface area contributed by atoms with Crippen LogP contribution in [-0.2, 0) is 10.3 Å². The molecule has 0 N–H and O–H groups in total. The maximum absolute atomic E-state index is 14.6. The van der Waals surface area contributed by atoms with E-state index >= 15 is 0 Å². The molecule has 1 aromatic carbocycles. The minimum atomic E-state index is -8.32. The molecule has 0 saturated carbocycles. The van der Waals surface area contributed by atoms with Crippen LogP contribution in [0, 0.1) is 0 Å². The summed E-state index contributed by atoms with van der Waals surface area (Å²) in [4.78, 5) is 0. The Morgan fingerprint density at radius 1 is 0.676 bits per heavy atom. The molecule has 0 amide bonds. The minimum Gasteiger partial charge on any atom is -0.374 e. The Morgan fingerprint density at radius 2 is 1.08 bits per heavy atom. The maximum Gasteiger partial charge on any atom is 0.460 e. The second-order valence-corrected chi connectivity index (χ2v) is 8.58. The van der Waals surface area contributed by atoms with Crippen LogP contribution >= 0.6 is 0 Å². The molecule has 37 heavy (non-hydrogen) atoms. The summed E-state index contributed by atoms with van der Waals surface area (Å²) in [7, 11) is 0.645. The van der Waals surface area contributed by atoms with E-state index in [1.54, 1.807) is 13.8 Å². The maximum atomic E-state index is 14.6. The largest absolute Gasteiger partial charge is 0.460 e. The highest BCUT2D eigenvalue weighted by molar-refractivity contribution is 5.35. The average molecular weight is 574 g/mol. The third-order valence-electron chi connectivity index (χ3n) is 6.08. The predicted octanol–water partition coefficient (Wildman–Crippen LogP) is 8.83. The van der Waals surface area contributed by atoms with Gasteiger partial charge in [-0.25, -0.2) is 0 Å². The standard InChI is InChI=1S/C21H21F15O/c1-5-11(2)12-8-6-7-9-13(12)14(3,37-4)10-15(22,23)16(24,25)17(26,27)18(28,29)19(30,31)20(32,33)21(34,35)36/h6-9,11H,5,10H2,1-4H3. The van der Waals surface area contributed by atoms with Gasteiger partial charge in [-0.3, -0.25) is 0 Å². The van der Waals surface area contributed by atoms with Crippen molar-refractivity contribution in [3.63, 3.8) is 0 Å². The van der Waals surface area contributed by atoms with E-state index in [-0.39, 0.29) is 11.1 Å². The summed E-state index contributed by atoms with van der Waals surface area (Å²) in [6.07, 6.45) is -9.90. The molecule has 0 saturated heterocycles. The van der Waals surface area contributed by atoms with Crippen LogP contribution in [-0.4, -0.2) is 48.8 Å². The zero-order valence-electron chi connectivity index (χ0n) is 19.4. The highest BCUT2D eigenvalue weighted by Crippen LogP contribution is 2.63. The fraction of sp³-hybridized carbons (Fsp3) is 0.714. The lowest BCUT2D eigenvalue weighted by Gasteiger charge is -2.43. The molecule has 216 valence electrons. The van der Waals surface area contributed by atoms with Crippen LogP contribution in [0.2, 0.25) is 0 Å². The van der Waals surface area contributed by atoms with Gasteiger partial charge >= 0.3 is 41.7 Å². The van der Waals surface area contributed by atoms with Crippen molar-refractivity contribution in [3.05, 3.63) is 35.4 Å². The van der Waals surface area contributed by atoms with E-state index in [0.717, 1.165) is 6.07 Å². The van der Waals surface area contributed by atoms with Gasteiger partial charge in [-0.15, -0.1) is 0 Å². The van der Waals surface area contributed by atoms with E-state index in [9.17, 15) is 65.9 Å². The first kappa shape index (κ1) is 33.2. The lowest BCUT2D eigenvalue weighted by atomic mass is 9.79. The summed E-state index contributed by atoms with van der Waals surface area (Å²) in [6, 6.07) is 4.94. The molecule has 2 atom stereocenters. The Hall–Kier alpha value is -1.87. The molecule has 1 rings (SSSR count). The van der Waals surface area contributed by atoms with Crippen molar-refractivity contribution >= 4 is 0 Å². The number of hydrogen-bond acceptors (Lipinski definition) is 1. The monoisotopic (exact) mass is 574 g/mol. The Labute approximate surface area is 201 Å². The van der Waals surface area contributed by atoms with E-state index in [1.807, 2.05) is 0 Å². The molecule has 0 radical (unpaired) electrons. The van der Waals surface area contributed by atoms with Gasteiger partial charge < -0.3 is 4.74 Å². The minimum absolute atomic E-state index is 0.168. The van der Waals surface area contributed by atoms with Crippen molar-refractivity contribution in [2.75, 3.05) is 7.11 Å². The average Bonchev–Trinajstić information content (AvgIpc) is 2.76. The van der Waals surface area contributed by atoms with Gasteiger partial charge in [-0.2, -0.15) is 65.9 Å². The number of hydrogen-bond donors (Lipinski definition) is 0. The second-order valence-electron chi connectivity index (χ2n) is 8.58. The van der Waals surface area contributed by atoms with Gasteiger partial charge in [0.25, 0.3) is 0 Å². The van der Waals surface area contributed by atoms with Gasteiger partial charge in [0.05, 0.1) is 12.0 Å². The van der Waals surface area contributed by atoms with E-state index < -0.39 is 59.7 Å². The number of methoxy groups -OCH3 is 1. The molecule has 0 aromatic heterocycles. The molecule has 0 aliphatic heterocycles. The number of rotatable bonds is 11.